The largest absolute Gasteiger partial charge is 0.292 e. The minimum Gasteiger partial charge on any atom is -0.292 e. The summed E-state index contributed by atoms with van der Waals surface area (Å²) in [5.74, 6) is -0.0865. The third kappa shape index (κ3) is 3.29. The minimum atomic E-state index is -0.180. The Labute approximate surface area is 167 Å². The lowest BCUT2D eigenvalue weighted by Crippen LogP contribution is -2.25. The van der Waals surface area contributed by atoms with Gasteiger partial charge in [-0.3, -0.25) is 14.2 Å². The number of benzene rings is 2. The average Bonchev–Trinajstić information content (AvgIpc) is 3.11. The summed E-state index contributed by atoms with van der Waals surface area (Å²) in [6.07, 6.45) is 1.48. The molecule has 0 aliphatic heterocycles. The molecule has 4 aromatic rings. The van der Waals surface area contributed by atoms with Crippen LogP contribution in [0, 0.1) is 20.8 Å². The molecule has 2 aromatic heterocycles. The van der Waals surface area contributed by atoms with Crippen molar-refractivity contribution in [2.75, 3.05) is 0 Å². The van der Waals surface area contributed by atoms with Gasteiger partial charge in [-0.1, -0.05) is 47.5 Å². The number of thiophene rings is 1. The van der Waals surface area contributed by atoms with Gasteiger partial charge in [-0.15, -0.1) is 11.3 Å². The van der Waals surface area contributed by atoms with E-state index in [1.54, 1.807) is 0 Å². The first-order valence-corrected chi connectivity index (χ1v) is 9.96. The topological polar surface area (TPSA) is 52.0 Å². The number of nitrogens with zero attached hydrogens (tertiary/aromatic N) is 2. The van der Waals surface area contributed by atoms with Gasteiger partial charge in [-0.25, -0.2) is 4.98 Å². The molecule has 0 amide bonds. The summed E-state index contributed by atoms with van der Waals surface area (Å²) in [6.45, 7) is 5.87. The fraction of sp³-hybridized carbons (Fsp3) is 0.174. The minimum absolute atomic E-state index is 0.0186. The highest BCUT2D eigenvalue weighted by Crippen LogP contribution is 2.30. The summed E-state index contributed by atoms with van der Waals surface area (Å²) in [5.41, 5.74) is 5.41. The number of aromatic nitrogens is 2. The van der Waals surface area contributed by atoms with Crippen LogP contribution >= 0.6 is 11.3 Å². The van der Waals surface area contributed by atoms with Gasteiger partial charge in [0.2, 0.25) is 0 Å². The molecule has 140 valence electrons. The second-order valence-electron chi connectivity index (χ2n) is 7.11. The summed E-state index contributed by atoms with van der Waals surface area (Å²) in [7, 11) is 0. The SMILES string of the molecule is Cc1ccc(-c2csc3ncn(CC(=O)c4cc(C)ccc4C)c(=O)c23)cc1. The van der Waals surface area contributed by atoms with Gasteiger partial charge in [-0.05, 0) is 38.0 Å². The zero-order valence-corrected chi connectivity index (χ0v) is 16.8. The van der Waals surface area contributed by atoms with Crippen molar-refractivity contribution < 1.29 is 4.79 Å². The first kappa shape index (κ1) is 18.3. The number of carbonyl (C=O) groups is 1. The molecular formula is C23H20N2O2S. The van der Waals surface area contributed by atoms with Crippen molar-refractivity contribution in [3.05, 3.63) is 86.8 Å². The Bertz CT molecular complexity index is 1250. The van der Waals surface area contributed by atoms with Gasteiger partial charge >= 0.3 is 0 Å². The maximum absolute atomic E-state index is 13.1. The molecule has 0 spiro atoms. The quantitative estimate of drug-likeness (QED) is 0.466. The van der Waals surface area contributed by atoms with E-state index in [-0.39, 0.29) is 17.9 Å². The maximum atomic E-state index is 13.1. The lowest BCUT2D eigenvalue weighted by Gasteiger charge is -2.09. The van der Waals surface area contributed by atoms with Crippen molar-refractivity contribution in [2.45, 2.75) is 27.3 Å². The fourth-order valence-corrected chi connectivity index (χ4v) is 4.21. The van der Waals surface area contributed by atoms with Crippen LogP contribution in [-0.2, 0) is 6.54 Å². The van der Waals surface area contributed by atoms with E-state index < -0.39 is 0 Å². The van der Waals surface area contributed by atoms with Crippen LogP contribution in [0.1, 0.15) is 27.0 Å². The van der Waals surface area contributed by atoms with Crippen LogP contribution in [0.2, 0.25) is 0 Å². The summed E-state index contributed by atoms with van der Waals surface area (Å²) >= 11 is 1.45. The zero-order chi connectivity index (χ0) is 19.8. The van der Waals surface area contributed by atoms with E-state index in [0.29, 0.717) is 15.8 Å². The third-order valence-corrected chi connectivity index (χ3v) is 5.82. The third-order valence-electron chi connectivity index (χ3n) is 4.93. The molecule has 0 saturated heterocycles. The van der Waals surface area contributed by atoms with Crippen molar-refractivity contribution >= 4 is 27.3 Å². The summed E-state index contributed by atoms with van der Waals surface area (Å²) in [6, 6.07) is 13.8. The molecule has 0 atom stereocenters. The molecule has 4 nitrogen and oxygen atoms in total. The molecule has 2 heterocycles. The van der Waals surface area contributed by atoms with Crippen LogP contribution in [0.3, 0.4) is 0 Å². The Kier molecular flexibility index (Phi) is 4.69. The first-order chi connectivity index (χ1) is 13.4. The highest BCUT2D eigenvalue weighted by molar-refractivity contribution is 7.17. The molecular weight excluding hydrogens is 368 g/mol. The molecule has 4 rings (SSSR count). The average molecular weight is 388 g/mol. The molecule has 0 bridgehead atoms. The van der Waals surface area contributed by atoms with Crippen molar-refractivity contribution in [2.24, 2.45) is 0 Å². The van der Waals surface area contributed by atoms with Crippen molar-refractivity contribution in [3.8, 4) is 11.1 Å². The second kappa shape index (κ2) is 7.17. The van der Waals surface area contributed by atoms with Crippen LogP contribution in [0.4, 0.5) is 0 Å². The summed E-state index contributed by atoms with van der Waals surface area (Å²) in [5, 5.41) is 2.53. The monoisotopic (exact) mass is 388 g/mol. The van der Waals surface area contributed by atoms with Gasteiger partial charge in [-0.2, -0.15) is 0 Å². The van der Waals surface area contributed by atoms with Gasteiger partial charge in [0.1, 0.15) is 4.83 Å². The van der Waals surface area contributed by atoms with Gasteiger partial charge in [0.15, 0.2) is 5.78 Å². The molecule has 5 heteroatoms. The molecule has 0 aliphatic carbocycles. The molecule has 28 heavy (non-hydrogen) atoms. The van der Waals surface area contributed by atoms with E-state index in [9.17, 15) is 9.59 Å². The molecule has 0 unspecified atom stereocenters. The number of hydrogen-bond donors (Lipinski definition) is 0. The molecule has 0 fully saturated rings. The van der Waals surface area contributed by atoms with E-state index in [0.717, 1.165) is 27.8 Å². The summed E-state index contributed by atoms with van der Waals surface area (Å²) in [4.78, 5) is 31.1. The van der Waals surface area contributed by atoms with E-state index in [4.69, 9.17) is 0 Å². The number of hydrogen-bond acceptors (Lipinski definition) is 4. The summed E-state index contributed by atoms with van der Waals surface area (Å²) < 4.78 is 1.41. The number of carbonyl (C=O) groups excluding carboxylic acids is 1. The highest BCUT2D eigenvalue weighted by Gasteiger charge is 2.16. The Morgan fingerprint density at radius 3 is 2.50 bits per heavy atom. The van der Waals surface area contributed by atoms with Crippen LogP contribution in [0.25, 0.3) is 21.3 Å². The predicted molar refractivity (Wildman–Crippen MR) is 114 cm³/mol. The van der Waals surface area contributed by atoms with Crippen molar-refractivity contribution in [1.29, 1.82) is 0 Å². The van der Waals surface area contributed by atoms with Crippen LogP contribution in [0.5, 0.6) is 0 Å². The van der Waals surface area contributed by atoms with Crippen LogP contribution in [0.15, 0.2) is 59.0 Å². The molecule has 0 N–H and O–H groups in total. The van der Waals surface area contributed by atoms with E-state index >= 15 is 0 Å². The van der Waals surface area contributed by atoms with Gasteiger partial charge < -0.3 is 0 Å². The highest BCUT2D eigenvalue weighted by atomic mass is 32.1. The Morgan fingerprint density at radius 2 is 1.75 bits per heavy atom. The van der Waals surface area contributed by atoms with E-state index in [1.807, 2.05) is 68.6 Å². The van der Waals surface area contributed by atoms with E-state index in [1.165, 1.54) is 22.2 Å². The number of aryl methyl sites for hydroxylation is 3. The number of rotatable bonds is 4. The van der Waals surface area contributed by atoms with Crippen molar-refractivity contribution in [3.63, 3.8) is 0 Å². The Hall–Kier alpha value is -3.05. The van der Waals surface area contributed by atoms with Crippen molar-refractivity contribution in [1.82, 2.24) is 9.55 Å². The lowest BCUT2D eigenvalue weighted by atomic mass is 10.0. The standard InChI is InChI=1S/C23H20N2O2S/c1-14-5-8-17(9-6-14)19-12-28-22-21(19)23(27)25(13-24-22)11-20(26)18-10-15(2)4-7-16(18)3/h4-10,12-13H,11H2,1-3H3. The first-order valence-electron chi connectivity index (χ1n) is 9.08. The van der Waals surface area contributed by atoms with E-state index in [2.05, 4.69) is 4.98 Å². The number of fused-ring (bicyclic) bond motifs is 1. The zero-order valence-electron chi connectivity index (χ0n) is 16.0. The maximum Gasteiger partial charge on any atom is 0.263 e. The van der Waals surface area contributed by atoms with Gasteiger partial charge in [0.25, 0.3) is 5.56 Å². The lowest BCUT2D eigenvalue weighted by molar-refractivity contribution is 0.0970. The van der Waals surface area contributed by atoms with Gasteiger partial charge in [0.05, 0.1) is 18.3 Å². The Balaban J connectivity index is 1.77. The van der Waals surface area contributed by atoms with Crippen LogP contribution in [-0.4, -0.2) is 15.3 Å². The van der Waals surface area contributed by atoms with Crippen LogP contribution < -0.4 is 5.56 Å². The molecule has 0 aliphatic rings. The smallest absolute Gasteiger partial charge is 0.263 e. The molecule has 2 aromatic carbocycles. The molecule has 0 radical (unpaired) electrons. The number of ketones is 1. The number of Topliss-reactive ketones (excluding diaryl/α,β-unsaturated/α-hetero) is 1. The molecule has 0 saturated carbocycles. The predicted octanol–water partition coefficient (Wildman–Crippen LogP) is 4.93. The normalized spacial score (nSPS) is 11.1. The Morgan fingerprint density at radius 1 is 1.04 bits per heavy atom. The fourth-order valence-electron chi connectivity index (χ4n) is 3.30. The second-order valence-corrected chi connectivity index (χ2v) is 7.97. The van der Waals surface area contributed by atoms with Gasteiger partial charge in [0, 0.05) is 16.5 Å².